The molecule has 0 bridgehead atoms. The van der Waals surface area contributed by atoms with Crippen molar-refractivity contribution in [3.63, 3.8) is 0 Å². The van der Waals surface area contributed by atoms with Crippen molar-refractivity contribution in [3.8, 4) is 0 Å². The summed E-state index contributed by atoms with van der Waals surface area (Å²) in [5.74, 6) is 2.09. The quantitative estimate of drug-likeness (QED) is 0.821. The van der Waals surface area contributed by atoms with E-state index in [4.69, 9.17) is 4.42 Å². The molecule has 1 unspecified atom stereocenters. The van der Waals surface area contributed by atoms with E-state index >= 15 is 0 Å². The van der Waals surface area contributed by atoms with Crippen LogP contribution in [0.3, 0.4) is 0 Å². The van der Waals surface area contributed by atoms with Gasteiger partial charge in [0.2, 0.25) is 0 Å². The molecule has 1 saturated heterocycles. The number of rotatable bonds is 6. The highest BCUT2D eigenvalue weighted by molar-refractivity contribution is 5.06. The van der Waals surface area contributed by atoms with Crippen LogP contribution < -0.4 is 0 Å². The lowest BCUT2D eigenvalue weighted by molar-refractivity contribution is 0.0587. The van der Waals surface area contributed by atoms with Crippen molar-refractivity contribution in [2.24, 2.45) is 0 Å². The molecule has 1 atom stereocenters. The van der Waals surface area contributed by atoms with Crippen LogP contribution in [-0.2, 0) is 13.1 Å². The highest BCUT2D eigenvalue weighted by atomic mass is 16.3. The topological polar surface area (TPSA) is 37.4 Å². The average Bonchev–Trinajstić information content (AvgIpc) is 3.18. The van der Waals surface area contributed by atoms with E-state index in [1.807, 2.05) is 30.1 Å². The third-order valence-electron chi connectivity index (χ3n) is 4.52. The maximum Gasteiger partial charge on any atom is 0.118 e. The van der Waals surface area contributed by atoms with Crippen molar-refractivity contribution in [2.75, 3.05) is 26.2 Å². The van der Waals surface area contributed by atoms with Crippen LogP contribution in [0.1, 0.15) is 24.9 Å². The molecule has 0 saturated carbocycles. The van der Waals surface area contributed by atoms with Gasteiger partial charge < -0.3 is 4.42 Å². The Morgan fingerprint density at radius 3 is 2.86 bits per heavy atom. The first-order valence-electron chi connectivity index (χ1n) is 8.23. The zero-order valence-electron chi connectivity index (χ0n) is 13.6. The number of furan rings is 1. The second kappa shape index (κ2) is 7.11. The number of hydrogen-bond donors (Lipinski definition) is 0. The second-order valence-corrected chi connectivity index (χ2v) is 6.11. The van der Waals surface area contributed by atoms with Gasteiger partial charge in [-0.3, -0.25) is 14.5 Å². The zero-order chi connectivity index (χ0) is 15.4. The predicted molar refractivity (Wildman–Crippen MR) is 86.6 cm³/mol. The molecule has 0 spiro atoms. The summed E-state index contributed by atoms with van der Waals surface area (Å²) >= 11 is 0. The summed E-state index contributed by atoms with van der Waals surface area (Å²) in [6.07, 6.45) is 5.06. The fourth-order valence-corrected chi connectivity index (χ4v) is 3.20. The first-order valence-corrected chi connectivity index (χ1v) is 8.23. The van der Waals surface area contributed by atoms with Gasteiger partial charge in [-0.1, -0.05) is 6.92 Å². The van der Waals surface area contributed by atoms with Crippen LogP contribution in [0.2, 0.25) is 0 Å². The Bertz CT molecular complexity index is 563. The monoisotopic (exact) mass is 302 g/mol. The fraction of sp³-hybridized carbons (Fsp3) is 0.588. The maximum atomic E-state index is 5.74. The molecule has 5 heteroatoms. The number of aromatic nitrogens is 2. The van der Waals surface area contributed by atoms with Crippen molar-refractivity contribution >= 4 is 0 Å². The van der Waals surface area contributed by atoms with Gasteiger partial charge in [-0.05, 0) is 31.5 Å². The summed E-state index contributed by atoms with van der Waals surface area (Å²) in [6, 6.07) is 6.75. The van der Waals surface area contributed by atoms with Crippen molar-refractivity contribution in [2.45, 2.75) is 39.4 Å². The van der Waals surface area contributed by atoms with Gasteiger partial charge in [0.1, 0.15) is 11.5 Å². The minimum absolute atomic E-state index is 0.608. The molecule has 2 aromatic heterocycles. The van der Waals surface area contributed by atoms with Gasteiger partial charge in [0, 0.05) is 44.6 Å². The van der Waals surface area contributed by atoms with Crippen LogP contribution >= 0.6 is 0 Å². The van der Waals surface area contributed by atoms with Crippen molar-refractivity contribution < 1.29 is 4.42 Å². The van der Waals surface area contributed by atoms with Crippen LogP contribution in [0.5, 0.6) is 0 Å². The summed E-state index contributed by atoms with van der Waals surface area (Å²) in [5, 5.41) is 4.28. The van der Waals surface area contributed by atoms with Crippen LogP contribution in [0.25, 0.3) is 0 Å². The Labute approximate surface area is 132 Å². The Morgan fingerprint density at radius 1 is 1.27 bits per heavy atom. The van der Waals surface area contributed by atoms with E-state index in [1.54, 1.807) is 0 Å². The molecule has 0 N–H and O–H groups in total. The molecule has 22 heavy (non-hydrogen) atoms. The van der Waals surface area contributed by atoms with Gasteiger partial charge in [-0.2, -0.15) is 5.10 Å². The van der Waals surface area contributed by atoms with Crippen LogP contribution in [0.15, 0.2) is 35.0 Å². The maximum absolute atomic E-state index is 5.74. The third-order valence-corrected chi connectivity index (χ3v) is 4.52. The first-order chi connectivity index (χ1) is 10.7. The molecule has 120 valence electrons. The van der Waals surface area contributed by atoms with Crippen molar-refractivity contribution in [3.05, 3.63) is 42.1 Å². The lowest BCUT2D eigenvalue weighted by Gasteiger charge is -2.40. The lowest BCUT2D eigenvalue weighted by atomic mass is 10.1. The molecule has 5 nitrogen and oxygen atoms in total. The standard InChI is InChI=1S/C17H26N4O/c1-3-16-13-19(10-12-21-8-4-7-18-21)9-11-20(16)14-17-6-5-15(2)22-17/h4-8,16H,3,9-14H2,1-2H3. The van der Waals surface area contributed by atoms with E-state index < -0.39 is 0 Å². The Kier molecular flexibility index (Phi) is 4.95. The lowest BCUT2D eigenvalue weighted by Crippen LogP contribution is -2.52. The summed E-state index contributed by atoms with van der Waals surface area (Å²) in [6.45, 7) is 10.6. The van der Waals surface area contributed by atoms with E-state index in [0.717, 1.165) is 50.8 Å². The highest BCUT2D eigenvalue weighted by Crippen LogP contribution is 2.17. The zero-order valence-corrected chi connectivity index (χ0v) is 13.6. The molecule has 0 aromatic carbocycles. The van der Waals surface area contributed by atoms with E-state index in [1.165, 1.54) is 6.42 Å². The number of nitrogens with zero attached hydrogens (tertiary/aromatic N) is 4. The van der Waals surface area contributed by atoms with E-state index in [2.05, 4.69) is 34.0 Å². The van der Waals surface area contributed by atoms with Gasteiger partial charge in [0.15, 0.2) is 0 Å². The summed E-state index contributed by atoms with van der Waals surface area (Å²) in [4.78, 5) is 5.11. The Morgan fingerprint density at radius 2 is 2.18 bits per heavy atom. The summed E-state index contributed by atoms with van der Waals surface area (Å²) < 4.78 is 7.75. The Hall–Kier alpha value is -1.59. The van der Waals surface area contributed by atoms with Gasteiger partial charge in [0.05, 0.1) is 13.1 Å². The van der Waals surface area contributed by atoms with Gasteiger partial charge in [0.25, 0.3) is 0 Å². The first kappa shape index (κ1) is 15.3. The van der Waals surface area contributed by atoms with Gasteiger partial charge in [-0.15, -0.1) is 0 Å². The number of piperazine rings is 1. The van der Waals surface area contributed by atoms with Crippen LogP contribution in [-0.4, -0.2) is 51.8 Å². The van der Waals surface area contributed by atoms with E-state index in [9.17, 15) is 0 Å². The van der Waals surface area contributed by atoms with Crippen LogP contribution in [0.4, 0.5) is 0 Å². The molecule has 0 aliphatic carbocycles. The molecule has 3 rings (SSSR count). The molecule has 1 aliphatic heterocycles. The molecular formula is C17H26N4O. The van der Waals surface area contributed by atoms with Gasteiger partial charge >= 0.3 is 0 Å². The SMILES string of the molecule is CCC1CN(CCn2cccn2)CCN1Cc1ccc(C)o1. The largest absolute Gasteiger partial charge is 0.465 e. The Balaban J connectivity index is 1.51. The summed E-state index contributed by atoms with van der Waals surface area (Å²) in [5.41, 5.74) is 0. The molecule has 1 fully saturated rings. The predicted octanol–water partition coefficient (Wildman–Crippen LogP) is 2.38. The number of aryl methyl sites for hydroxylation is 1. The van der Waals surface area contributed by atoms with E-state index in [-0.39, 0.29) is 0 Å². The smallest absolute Gasteiger partial charge is 0.118 e. The van der Waals surface area contributed by atoms with Crippen molar-refractivity contribution in [1.29, 1.82) is 0 Å². The van der Waals surface area contributed by atoms with Crippen LogP contribution in [0, 0.1) is 6.92 Å². The molecular weight excluding hydrogens is 276 g/mol. The third kappa shape index (κ3) is 3.78. The minimum Gasteiger partial charge on any atom is -0.465 e. The van der Waals surface area contributed by atoms with Crippen molar-refractivity contribution in [1.82, 2.24) is 19.6 Å². The minimum atomic E-state index is 0.608. The summed E-state index contributed by atoms with van der Waals surface area (Å²) in [7, 11) is 0. The number of hydrogen-bond acceptors (Lipinski definition) is 4. The molecule has 0 radical (unpaired) electrons. The molecule has 3 heterocycles. The molecule has 1 aliphatic rings. The molecule has 0 amide bonds. The average molecular weight is 302 g/mol. The molecule has 2 aromatic rings. The highest BCUT2D eigenvalue weighted by Gasteiger charge is 2.26. The van der Waals surface area contributed by atoms with E-state index in [0.29, 0.717) is 6.04 Å². The second-order valence-electron chi connectivity index (χ2n) is 6.11. The van der Waals surface area contributed by atoms with Gasteiger partial charge in [-0.25, -0.2) is 0 Å². The fourth-order valence-electron chi connectivity index (χ4n) is 3.20. The normalized spacial score (nSPS) is 20.5.